The summed E-state index contributed by atoms with van der Waals surface area (Å²) in [5.74, 6) is -0.242. The van der Waals surface area contributed by atoms with Gasteiger partial charge in [0.15, 0.2) is 29.1 Å². The summed E-state index contributed by atoms with van der Waals surface area (Å²) in [6.45, 7) is 5.30. The number of carbonyl (C=O) groups excluding carboxylic acids is 2. The quantitative estimate of drug-likeness (QED) is 0.179. The number of ether oxygens (including phenoxy) is 8. The number of unbranched alkanes of at least 4 members (excludes halogenated alkanes) is 2. The predicted molar refractivity (Wildman–Crippen MR) is 172 cm³/mol. The van der Waals surface area contributed by atoms with Gasteiger partial charge in [-0.2, -0.15) is 0 Å². The highest BCUT2D eigenvalue weighted by molar-refractivity contribution is 5.92. The summed E-state index contributed by atoms with van der Waals surface area (Å²) in [7, 11) is 5.90. The summed E-state index contributed by atoms with van der Waals surface area (Å²) in [4.78, 5) is 27.1. The van der Waals surface area contributed by atoms with E-state index in [0.29, 0.717) is 40.2 Å². The van der Waals surface area contributed by atoms with Crippen molar-refractivity contribution in [2.45, 2.75) is 64.3 Å². The lowest BCUT2D eigenvalue weighted by Gasteiger charge is -2.44. The Labute approximate surface area is 274 Å². The molecular formula is C36H42O11. The van der Waals surface area contributed by atoms with E-state index in [1.165, 1.54) is 28.4 Å². The number of esters is 2. The third kappa shape index (κ3) is 6.12. The number of methoxy groups -OCH3 is 4. The van der Waals surface area contributed by atoms with Crippen molar-refractivity contribution in [3.8, 4) is 45.6 Å². The standard InChI is InChI=1S/C36H42O11/c1-8-9-11-16-26(37)46-29-20(2)36(3,39)34(47-35(38)21-14-12-10-13-15-21)23-18-24(40-4)30(41-5)32(42-6)28(23)27-22(29)17-25-31(33(27)43-7)45-19-44-25/h10,12-15,17-18,20,29,34,39H,8-9,11,16,19H2,1-7H3. The number of hydrogen-bond donors (Lipinski definition) is 1. The molecule has 1 heterocycles. The highest BCUT2D eigenvalue weighted by Crippen LogP contribution is 2.61. The minimum absolute atomic E-state index is 0.0590. The lowest BCUT2D eigenvalue weighted by Crippen LogP contribution is -2.46. The second kappa shape index (κ2) is 14.0. The molecule has 0 saturated carbocycles. The van der Waals surface area contributed by atoms with Crippen molar-refractivity contribution in [2.24, 2.45) is 5.92 Å². The van der Waals surface area contributed by atoms with Crippen LogP contribution in [0, 0.1) is 5.92 Å². The van der Waals surface area contributed by atoms with E-state index in [1.54, 1.807) is 56.3 Å². The van der Waals surface area contributed by atoms with Gasteiger partial charge in [0.1, 0.15) is 11.7 Å². The summed E-state index contributed by atoms with van der Waals surface area (Å²) in [6.07, 6.45) is 0.240. The fraction of sp³-hybridized carbons (Fsp3) is 0.444. The minimum Gasteiger partial charge on any atom is -0.493 e. The molecule has 11 nitrogen and oxygen atoms in total. The molecule has 3 aromatic carbocycles. The average Bonchev–Trinajstić information content (AvgIpc) is 3.56. The second-order valence-corrected chi connectivity index (χ2v) is 11.8. The molecule has 1 N–H and O–H groups in total. The molecule has 4 atom stereocenters. The molecule has 0 amide bonds. The van der Waals surface area contributed by atoms with Crippen LogP contribution in [0.25, 0.3) is 11.1 Å². The first-order chi connectivity index (χ1) is 22.6. The number of fused-ring (bicyclic) bond motifs is 4. The van der Waals surface area contributed by atoms with Crippen molar-refractivity contribution in [2.75, 3.05) is 35.2 Å². The first-order valence-electron chi connectivity index (χ1n) is 15.6. The number of rotatable bonds is 11. The molecular weight excluding hydrogens is 608 g/mol. The first-order valence-corrected chi connectivity index (χ1v) is 15.6. The molecule has 0 spiro atoms. The molecule has 2 aliphatic rings. The van der Waals surface area contributed by atoms with Crippen LogP contribution in [0.3, 0.4) is 0 Å². The molecule has 5 rings (SSSR count). The first kappa shape index (κ1) is 33.7. The van der Waals surface area contributed by atoms with Gasteiger partial charge in [0.2, 0.25) is 18.3 Å². The molecule has 0 fully saturated rings. The Kier molecular flexibility index (Phi) is 10.0. The molecule has 0 radical (unpaired) electrons. The summed E-state index contributed by atoms with van der Waals surface area (Å²) in [6, 6.07) is 11.8. The van der Waals surface area contributed by atoms with Crippen molar-refractivity contribution in [3.05, 3.63) is 59.2 Å². The molecule has 11 heteroatoms. The van der Waals surface area contributed by atoms with Crippen molar-refractivity contribution in [1.82, 2.24) is 0 Å². The van der Waals surface area contributed by atoms with Crippen molar-refractivity contribution < 1.29 is 52.6 Å². The smallest absolute Gasteiger partial charge is 0.338 e. The van der Waals surface area contributed by atoms with Crippen LogP contribution in [0.4, 0.5) is 0 Å². The third-order valence-electron chi connectivity index (χ3n) is 8.94. The maximum Gasteiger partial charge on any atom is 0.338 e. The molecule has 4 unspecified atom stereocenters. The van der Waals surface area contributed by atoms with E-state index >= 15 is 0 Å². The second-order valence-electron chi connectivity index (χ2n) is 11.8. The van der Waals surface area contributed by atoms with Gasteiger partial charge in [-0.1, -0.05) is 44.9 Å². The van der Waals surface area contributed by atoms with Gasteiger partial charge in [0.25, 0.3) is 0 Å². The Morgan fingerprint density at radius 1 is 0.872 bits per heavy atom. The maximum absolute atomic E-state index is 13.7. The Bertz CT molecular complexity index is 1620. The molecule has 0 bridgehead atoms. The van der Waals surface area contributed by atoms with E-state index in [0.717, 1.165) is 12.8 Å². The zero-order valence-electron chi connectivity index (χ0n) is 27.8. The van der Waals surface area contributed by atoms with Crippen LogP contribution >= 0.6 is 0 Å². The molecule has 3 aromatic rings. The monoisotopic (exact) mass is 650 g/mol. The van der Waals surface area contributed by atoms with E-state index in [2.05, 4.69) is 6.92 Å². The summed E-state index contributed by atoms with van der Waals surface area (Å²) < 4.78 is 47.6. The van der Waals surface area contributed by atoms with E-state index in [9.17, 15) is 14.7 Å². The van der Waals surface area contributed by atoms with Gasteiger partial charge < -0.3 is 43.0 Å². The number of aliphatic hydroxyl groups is 1. The van der Waals surface area contributed by atoms with Gasteiger partial charge in [-0.05, 0) is 37.6 Å². The molecule has 47 heavy (non-hydrogen) atoms. The van der Waals surface area contributed by atoms with Crippen LogP contribution in [-0.2, 0) is 14.3 Å². The average molecular weight is 651 g/mol. The lowest BCUT2D eigenvalue weighted by molar-refractivity contribution is -0.169. The van der Waals surface area contributed by atoms with Crippen molar-refractivity contribution in [1.29, 1.82) is 0 Å². The zero-order valence-corrected chi connectivity index (χ0v) is 27.8. The lowest BCUT2D eigenvalue weighted by atomic mass is 9.71. The number of carbonyl (C=O) groups is 2. The van der Waals surface area contributed by atoms with Gasteiger partial charge >= 0.3 is 11.9 Å². The Morgan fingerprint density at radius 3 is 2.19 bits per heavy atom. The van der Waals surface area contributed by atoms with Crippen LogP contribution in [-0.4, -0.2) is 57.9 Å². The Morgan fingerprint density at radius 2 is 1.55 bits per heavy atom. The number of hydrogen-bond acceptors (Lipinski definition) is 11. The van der Waals surface area contributed by atoms with Crippen LogP contribution in [0.5, 0.6) is 34.5 Å². The summed E-state index contributed by atoms with van der Waals surface area (Å²) in [5.41, 5.74) is 0.0557. The van der Waals surface area contributed by atoms with Crippen LogP contribution in [0.1, 0.15) is 80.1 Å². The van der Waals surface area contributed by atoms with Crippen LogP contribution < -0.4 is 28.4 Å². The molecule has 0 saturated heterocycles. The summed E-state index contributed by atoms with van der Waals surface area (Å²) >= 11 is 0. The molecule has 252 valence electrons. The van der Waals surface area contributed by atoms with Gasteiger partial charge in [-0.15, -0.1) is 0 Å². The summed E-state index contributed by atoms with van der Waals surface area (Å²) in [5, 5.41) is 12.6. The van der Waals surface area contributed by atoms with E-state index in [-0.39, 0.29) is 41.8 Å². The van der Waals surface area contributed by atoms with Gasteiger partial charge in [0, 0.05) is 34.6 Å². The number of benzene rings is 3. The SMILES string of the molecule is CCCCCC(=O)OC1c2cc3c(c(OC)c2-c2c(cc(OC)c(OC)c2OC)C(OC(=O)c2ccccc2)C(C)(O)C1C)OCO3. The maximum atomic E-state index is 13.7. The fourth-order valence-corrected chi connectivity index (χ4v) is 6.29. The Hall–Kier alpha value is -4.64. The molecule has 1 aliphatic heterocycles. The fourth-order valence-electron chi connectivity index (χ4n) is 6.29. The van der Waals surface area contributed by atoms with Gasteiger partial charge in [-0.25, -0.2) is 4.79 Å². The highest BCUT2D eigenvalue weighted by Gasteiger charge is 2.51. The molecule has 0 aromatic heterocycles. The predicted octanol–water partition coefficient (Wildman–Crippen LogP) is 6.58. The van der Waals surface area contributed by atoms with E-state index < -0.39 is 35.7 Å². The van der Waals surface area contributed by atoms with Crippen molar-refractivity contribution >= 4 is 11.9 Å². The topological polar surface area (TPSA) is 128 Å². The van der Waals surface area contributed by atoms with Gasteiger partial charge in [-0.3, -0.25) is 4.79 Å². The highest BCUT2D eigenvalue weighted by atomic mass is 16.7. The third-order valence-corrected chi connectivity index (χ3v) is 8.94. The molecule has 1 aliphatic carbocycles. The zero-order chi connectivity index (χ0) is 33.9. The van der Waals surface area contributed by atoms with E-state index in [1.807, 2.05) is 0 Å². The van der Waals surface area contributed by atoms with Crippen LogP contribution in [0.2, 0.25) is 0 Å². The van der Waals surface area contributed by atoms with E-state index in [4.69, 9.17) is 37.9 Å². The minimum atomic E-state index is -1.83. The van der Waals surface area contributed by atoms with Crippen molar-refractivity contribution in [3.63, 3.8) is 0 Å². The van der Waals surface area contributed by atoms with Gasteiger partial charge in [0.05, 0.1) is 34.0 Å². The Balaban J connectivity index is 1.87. The van der Waals surface area contributed by atoms with Crippen LogP contribution in [0.15, 0.2) is 42.5 Å². The largest absolute Gasteiger partial charge is 0.493 e. The normalized spacial score (nSPS) is 21.0.